The van der Waals surface area contributed by atoms with Gasteiger partial charge in [0.2, 0.25) is 11.8 Å². The number of rotatable bonds is 3. The summed E-state index contributed by atoms with van der Waals surface area (Å²) in [4.78, 5) is 29.9. The zero-order valence-corrected chi connectivity index (χ0v) is 17.3. The third kappa shape index (κ3) is 3.05. The summed E-state index contributed by atoms with van der Waals surface area (Å²) >= 11 is 6.04. The number of halogens is 1. The van der Waals surface area contributed by atoms with Crippen molar-refractivity contribution in [3.8, 4) is 0 Å². The molecule has 1 aliphatic carbocycles. The molecule has 3 fully saturated rings. The van der Waals surface area contributed by atoms with E-state index in [1.54, 1.807) is 6.92 Å². The Balaban J connectivity index is 1.39. The van der Waals surface area contributed by atoms with Gasteiger partial charge >= 0.3 is 0 Å². The molecule has 1 saturated carbocycles. The molecule has 5 rings (SSSR count). The Labute approximate surface area is 176 Å². The molecule has 0 aromatic heterocycles. The molecule has 0 bridgehead atoms. The van der Waals surface area contributed by atoms with Gasteiger partial charge in [0.1, 0.15) is 0 Å². The second-order valence-corrected chi connectivity index (χ2v) is 9.19. The van der Waals surface area contributed by atoms with Gasteiger partial charge < -0.3 is 9.80 Å². The highest BCUT2D eigenvalue weighted by atomic mass is 35.5. The van der Waals surface area contributed by atoms with Crippen molar-refractivity contribution in [3.63, 3.8) is 0 Å². The molecule has 0 N–H and O–H groups in total. The number of hydrogen-bond donors (Lipinski definition) is 0. The lowest BCUT2D eigenvalue weighted by Gasteiger charge is -2.30. The number of benzene rings is 2. The Hall–Kier alpha value is -2.33. The predicted octanol–water partition coefficient (Wildman–Crippen LogP) is 4.05. The normalized spacial score (nSPS) is 27.0. The van der Waals surface area contributed by atoms with Crippen LogP contribution in [-0.4, -0.2) is 41.2 Å². The molecule has 0 spiro atoms. The predicted molar refractivity (Wildman–Crippen MR) is 112 cm³/mol. The van der Waals surface area contributed by atoms with Gasteiger partial charge in [0.15, 0.2) is 0 Å². The van der Waals surface area contributed by atoms with Gasteiger partial charge in [-0.1, -0.05) is 54.1 Å². The third-order valence-corrected chi connectivity index (χ3v) is 7.31. The standard InChI is InChI=1S/C24H25ClN2O2/c1-16(28)27-14-18-13-26(15-21(18)22(27)17-5-3-2-4-6-17)23(29)24(11-12-24)19-7-9-20(25)10-8-19/h2-10,18,21-22H,11-15H2,1H3/t18-,21-,22-/m1/s1. The summed E-state index contributed by atoms with van der Waals surface area (Å²) < 4.78 is 0. The summed E-state index contributed by atoms with van der Waals surface area (Å²) in [6, 6.07) is 18.1. The lowest BCUT2D eigenvalue weighted by Crippen LogP contribution is -2.41. The van der Waals surface area contributed by atoms with Gasteiger partial charge in [-0.15, -0.1) is 0 Å². The topological polar surface area (TPSA) is 40.6 Å². The van der Waals surface area contributed by atoms with Gasteiger partial charge in [0, 0.05) is 43.4 Å². The summed E-state index contributed by atoms with van der Waals surface area (Å²) in [6.45, 7) is 3.85. The Bertz CT molecular complexity index is 939. The molecule has 2 heterocycles. The van der Waals surface area contributed by atoms with Gasteiger partial charge in [-0.05, 0) is 36.1 Å². The molecule has 4 nitrogen and oxygen atoms in total. The minimum atomic E-state index is -0.369. The molecule has 2 amide bonds. The van der Waals surface area contributed by atoms with Crippen LogP contribution in [0.4, 0.5) is 0 Å². The van der Waals surface area contributed by atoms with E-state index in [0.29, 0.717) is 16.9 Å². The molecular formula is C24H25ClN2O2. The molecule has 150 valence electrons. The molecule has 5 heteroatoms. The third-order valence-electron chi connectivity index (χ3n) is 7.05. The molecule has 0 unspecified atom stereocenters. The molecule has 2 aliphatic heterocycles. The lowest BCUT2D eigenvalue weighted by atomic mass is 9.89. The summed E-state index contributed by atoms with van der Waals surface area (Å²) in [5.41, 5.74) is 1.88. The molecule has 3 aliphatic rings. The summed E-state index contributed by atoms with van der Waals surface area (Å²) in [5, 5.41) is 0.697. The fourth-order valence-corrected chi connectivity index (χ4v) is 5.56. The SMILES string of the molecule is CC(=O)N1C[C@H]2CN(C(=O)C3(c4ccc(Cl)cc4)CC3)C[C@H]2[C@H]1c1ccccc1. The monoisotopic (exact) mass is 408 g/mol. The highest BCUT2D eigenvalue weighted by molar-refractivity contribution is 6.30. The number of nitrogens with zero attached hydrogens (tertiary/aromatic N) is 2. The van der Waals surface area contributed by atoms with E-state index in [-0.39, 0.29) is 23.3 Å². The van der Waals surface area contributed by atoms with Crippen LogP contribution in [0.5, 0.6) is 0 Å². The first kappa shape index (κ1) is 18.7. The maximum Gasteiger partial charge on any atom is 0.233 e. The molecule has 2 saturated heterocycles. The van der Waals surface area contributed by atoms with Crippen LogP contribution in [0.25, 0.3) is 0 Å². The second kappa shape index (κ2) is 6.88. The first-order valence-corrected chi connectivity index (χ1v) is 10.7. The molecule has 0 radical (unpaired) electrons. The Morgan fingerprint density at radius 1 is 0.966 bits per heavy atom. The maximum absolute atomic E-state index is 13.5. The Morgan fingerprint density at radius 2 is 1.66 bits per heavy atom. The van der Waals surface area contributed by atoms with Crippen molar-refractivity contribution in [1.82, 2.24) is 9.80 Å². The summed E-state index contributed by atoms with van der Waals surface area (Å²) in [5.74, 6) is 1.00. The fraction of sp³-hybridized carbons (Fsp3) is 0.417. The minimum Gasteiger partial charge on any atom is -0.341 e. The lowest BCUT2D eigenvalue weighted by molar-refractivity contribution is -0.133. The van der Waals surface area contributed by atoms with Crippen LogP contribution in [0.15, 0.2) is 54.6 Å². The van der Waals surface area contributed by atoms with Crippen LogP contribution in [0.2, 0.25) is 5.02 Å². The van der Waals surface area contributed by atoms with Crippen LogP contribution >= 0.6 is 11.6 Å². The van der Waals surface area contributed by atoms with Crippen molar-refractivity contribution in [2.75, 3.05) is 19.6 Å². The van der Waals surface area contributed by atoms with E-state index in [4.69, 9.17) is 11.6 Å². The van der Waals surface area contributed by atoms with E-state index in [2.05, 4.69) is 17.0 Å². The molecule has 29 heavy (non-hydrogen) atoms. The average Bonchev–Trinajstić information content (AvgIpc) is 3.30. The van der Waals surface area contributed by atoms with E-state index in [1.807, 2.05) is 47.4 Å². The largest absolute Gasteiger partial charge is 0.341 e. The van der Waals surface area contributed by atoms with E-state index in [1.165, 1.54) is 5.56 Å². The van der Waals surface area contributed by atoms with Crippen LogP contribution in [0.1, 0.15) is 36.9 Å². The van der Waals surface area contributed by atoms with Crippen molar-refractivity contribution in [2.24, 2.45) is 11.8 Å². The van der Waals surface area contributed by atoms with Gasteiger partial charge in [-0.2, -0.15) is 0 Å². The van der Waals surface area contributed by atoms with Crippen molar-refractivity contribution in [1.29, 1.82) is 0 Å². The van der Waals surface area contributed by atoms with Crippen LogP contribution in [0.3, 0.4) is 0 Å². The van der Waals surface area contributed by atoms with Crippen LogP contribution < -0.4 is 0 Å². The summed E-state index contributed by atoms with van der Waals surface area (Å²) in [7, 11) is 0. The van der Waals surface area contributed by atoms with Crippen molar-refractivity contribution < 1.29 is 9.59 Å². The van der Waals surface area contributed by atoms with Gasteiger partial charge in [0.25, 0.3) is 0 Å². The maximum atomic E-state index is 13.5. The zero-order valence-electron chi connectivity index (χ0n) is 16.6. The highest BCUT2D eigenvalue weighted by Crippen LogP contribution is 2.52. The molecule has 2 aromatic rings. The summed E-state index contributed by atoms with van der Waals surface area (Å²) in [6.07, 6.45) is 1.81. The van der Waals surface area contributed by atoms with Gasteiger partial charge in [-0.3, -0.25) is 9.59 Å². The second-order valence-electron chi connectivity index (χ2n) is 8.75. The molecule has 2 aromatic carbocycles. The van der Waals surface area contributed by atoms with Crippen LogP contribution in [-0.2, 0) is 15.0 Å². The number of carbonyl (C=O) groups is 2. The zero-order chi connectivity index (χ0) is 20.2. The smallest absolute Gasteiger partial charge is 0.233 e. The average molecular weight is 409 g/mol. The quantitative estimate of drug-likeness (QED) is 0.768. The number of amides is 2. The number of fused-ring (bicyclic) bond motifs is 1. The van der Waals surface area contributed by atoms with Crippen molar-refractivity contribution >= 4 is 23.4 Å². The van der Waals surface area contributed by atoms with Crippen LogP contribution in [0, 0.1) is 11.8 Å². The number of likely N-dealkylation sites (tertiary alicyclic amines) is 2. The van der Waals surface area contributed by atoms with Gasteiger partial charge in [0.05, 0.1) is 11.5 Å². The van der Waals surface area contributed by atoms with E-state index in [0.717, 1.165) is 38.0 Å². The van der Waals surface area contributed by atoms with Gasteiger partial charge in [-0.25, -0.2) is 0 Å². The molecule has 3 atom stereocenters. The van der Waals surface area contributed by atoms with E-state index >= 15 is 0 Å². The minimum absolute atomic E-state index is 0.0576. The first-order chi connectivity index (χ1) is 14.0. The number of hydrogen-bond acceptors (Lipinski definition) is 2. The fourth-order valence-electron chi connectivity index (χ4n) is 5.43. The highest BCUT2D eigenvalue weighted by Gasteiger charge is 2.57. The Morgan fingerprint density at radius 3 is 2.28 bits per heavy atom. The first-order valence-electron chi connectivity index (χ1n) is 10.4. The van der Waals surface area contributed by atoms with E-state index < -0.39 is 0 Å². The van der Waals surface area contributed by atoms with Crippen molar-refractivity contribution in [2.45, 2.75) is 31.2 Å². The number of carbonyl (C=O) groups excluding carboxylic acids is 2. The van der Waals surface area contributed by atoms with E-state index in [9.17, 15) is 9.59 Å². The Kier molecular flexibility index (Phi) is 4.43. The molecular weight excluding hydrogens is 384 g/mol. The van der Waals surface area contributed by atoms with Crippen molar-refractivity contribution in [3.05, 3.63) is 70.7 Å².